The molecule has 0 saturated heterocycles. The molecule has 0 saturated carbocycles. The van der Waals surface area contributed by atoms with Gasteiger partial charge in [0.05, 0.1) is 6.61 Å². The summed E-state index contributed by atoms with van der Waals surface area (Å²) in [4.78, 5) is 31.2. The maximum absolute atomic E-state index is 10.7. The summed E-state index contributed by atoms with van der Waals surface area (Å²) in [5, 5.41) is 9.90. The van der Waals surface area contributed by atoms with E-state index in [1.54, 1.807) is 12.2 Å². The molecule has 0 aliphatic carbocycles. The van der Waals surface area contributed by atoms with E-state index < -0.39 is 18.0 Å². The number of carbonyl (C=O) groups excluding carboxylic acids is 2. The minimum absolute atomic E-state index is 0.141. The molecular weight excluding hydrogens is 178 g/mol. The molecule has 0 aliphatic rings. The van der Waals surface area contributed by atoms with Gasteiger partial charge in [0.25, 0.3) is 5.91 Å². The van der Waals surface area contributed by atoms with Gasteiger partial charge in [-0.2, -0.15) is 0 Å². The molecule has 0 aromatic rings. The van der Waals surface area contributed by atoms with Gasteiger partial charge in [-0.15, -0.1) is 0 Å². The average Bonchev–Trinajstić information content (AvgIpc) is 2.01. The number of rotatable bonds is 3. The maximum Gasteiger partial charge on any atom is 0.414 e. The highest BCUT2D eigenvalue weighted by atomic mass is 16.5. The SMILES string of the molecule is CCOC(=O)NC(=O)/C=C\C(=O)O. The largest absolute Gasteiger partial charge is 0.478 e. The first-order valence-corrected chi connectivity index (χ1v) is 3.45. The van der Waals surface area contributed by atoms with Crippen molar-refractivity contribution in [2.24, 2.45) is 0 Å². The van der Waals surface area contributed by atoms with E-state index in [4.69, 9.17) is 5.11 Å². The lowest BCUT2D eigenvalue weighted by molar-refractivity contribution is -0.131. The molecule has 0 atom stereocenters. The minimum Gasteiger partial charge on any atom is -0.478 e. The third kappa shape index (κ3) is 6.54. The molecule has 2 N–H and O–H groups in total. The third-order valence-corrected chi connectivity index (χ3v) is 0.878. The number of nitrogens with one attached hydrogen (secondary N) is 1. The summed E-state index contributed by atoms with van der Waals surface area (Å²) < 4.78 is 4.37. The topological polar surface area (TPSA) is 92.7 Å². The number of hydrogen-bond acceptors (Lipinski definition) is 4. The van der Waals surface area contributed by atoms with E-state index in [0.717, 1.165) is 6.08 Å². The van der Waals surface area contributed by atoms with E-state index in [1.807, 2.05) is 0 Å². The molecule has 0 aromatic carbocycles. The fourth-order valence-electron chi connectivity index (χ4n) is 0.456. The van der Waals surface area contributed by atoms with Gasteiger partial charge in [-0.05, 0) is 6.92 Å². The Hall–Kier alpha value is -1.85. The van der Waals surface area contributed by atoms with Crippen molar-refractivity contribution in [1.82, 2.24) is 5.32 Å². The Morgan fingerprint density at radius 3 is 2.46 bits per heavy atom. The zero-order chi connectivity index (χ0) is 10.3. The standard InChI is InChI=1S/C7H9NO5/c1-2-13-7(12)8-5(9)3-4-6(10)11/h3-4H,2H2,1H3,(H,10,11)(H,8,9,12)/b4-3-. The predicted molar refractivity (Wildman–Crippen MR) is 41.9 cm³/mol. The fourth-order valence-corrected chi connectivity index (χ4v) is 0.456. The predicted octanol–water partition coefficient (Wildman–Crippen LogP) is -0.100. The summed E-state index contributed by atoms with van der Waals surface area (Å²) in [5.74, 6) is -2.10. The van der Waals surface area contributed by atoms with E-state index in [9.17, 15) is 14.4 Å². The lowest BCUT2D eigenvalue weighted by Gasteiger charge is -1.99. The Morgan fingerprint density at radius 1 is 1.38 bits per heavy atom. The molecule has 2 amide bonds. The van der Waals surface area contributed by atoms with Crippen molar-refractivity contribution >= 4 is 18.0 Å². The van der Waals surface area contributed by atoms with Crippen molar-refractivity contribution in [2.45, 2.75) is 6.92 Å². The molecular formula is C7H9NO5. The van der Waals surface area contributed by atoms with Crippen molar-refractivity contribution in [3.8, 4) is 0 Å². The van der Waals surface area contributed by atoms with E-state index in [-0.39, 0.29) is 6.61 Å². The number of carboxylic acids is 1. The number of ether oxygens (including phenoxy) is 1. The van der Waals surface area contributed by atoms with E-state index in [0.29, 0.717) is 6.08 Å². The van der Waals surface area contributed by atoms with Gasteiger partial charge in [0, 0.05) is 12.2 Å². The average molecular weight is 187 g/mol. The zero-order valence-electron chi connectivity index (χ0n) is 6.94. The van der Waals surface area contributed by atoms with Gasteiger partial charge >= 0.3 is 12.1 Å². The van der Waals surface area contributed by atoms with Crippen molar-refractivity contribution in [1.29, 1.82) is 0 Å². The summed E-state index contributed by atoms with van der Waals surface area (Å²) in [6, 6.07) is 0. The number of hydrogen-bond donors (Lipinski definition) is 2. The number of aliphatic carboxylic acids is 1. The quantitative estimate of drug-likeness (QED) is 0.602. The Bertz CT molecular complexity index is 245. The van der Waals surface area contributed by atoms with E-state index in [1.165, 1.54) is 0 Å². The summed E-state index contributed by atoms with van der Waals surface area (Å²) in [6.07, 6.45) is 0.441. The van der Waals surface area contributed by atoms with Gasteiger partial charge in [-0.3, -0.25) is 10.1 Å². The van der Waals surface area contributed by atoms with Gasteiger partial charge in [0.2, 0.25) is 0 Å². The molecule has 6 nitrogen and oxygen atoms in total. The fraction of sp³-hybridized carbons (Fsp3) is 0.286. The van der Waals surface area contributed by atoms with Crippen LogP contribution in [-0.2, 0) is 14.3 Å². The number of imide groups is 1. The second kappa shape index (κ2) is 5.76. The van der Waals surface area contributed by atoms with Gasteiger partial charge in [0.15, 0.2) is 0 Å². The summed E-state index contributed by atoms with van der Waals surface area (Å²) in [5.41, 5.74) is 0. The lowest BCUT2D eigenvalue weighted by Crippen LogP contribution is -2.29. The minimum atomic E-state index is -1.26. The van der Waals surface area contributed by atoms with Crippen LogP contribution < -0.4 is 5.32 Å². The first-order chi connectivity index (χ1) is 6.06. The van der Waals surface area contributed by atoms with Crippen molar-refractivity contribution in [3.63, 3.8) is 0 Å². The van der Waals surface area contributed by atoms with Crippen molar-refractivity contribution in [2.75, 3.05) is 6.61 Å². The van der Waals surface area contributed by atoms with Crippen LogP contribution >= 0.6 is 0 Å². The molecule has 13 heavy (non-hydrogen) atoms. The first kappa shape index (κ1) is 11.2. The maximum atomic E-state index is 10.7. The molecule has 0 aromatic heterocycles. The molecule has 0 aliphatic heterocycles. The second-order valence-corrected chi connectivity index (χ2v) is 1.88. The number of alkyl carbamates (subject to hydrolysis) is 1. The molecule has 0 bridgehead atoms. The molecule has 0 radical (unpaired) electrons. The van der Waals surface area contributed by atoms with Crippen LogP contribution in [0, 0.1) is 0 Å². The Kier molecular flexibility index (Phi) is 4.94. The molecule has 0 unspecified atom stereocenters. The molecule has 72 valence electrons. The smallest absolute Gasteiger partial charge is 0.414 e. The van der Waals surface area contributed by atoms with Crippen molar-refractivity contribution in [3.05, 3.63) is 12.2 Å². The monoisotopic (exact) mass is 187 g/mol. The van der Waals surface area contributed by atoms with Gasteiger partial charge in [-0.1, -0.05) is 0 Å². The normalized spacial score (nSPS) is 9.62. The van der Waals surface area contributed by atoms with Crippen LogP contribution in [0.15, 0.2) is 12.2 Å². The van der Waals surface area contributed by atoms with Gasteiger partial charge in [-0.25, -0.2) is 9.59 Å². The van der Waals surface area contributed by atoms with Crippen LogP contribution in [0.5, 0.6) is 0 Å². The molecule has 0 spiro atoms. The highest BCUT2D eigenvalue weighted by molar-refractivity contribution is 6.01. The van der Waals surface area contributed by atoms with Gasteiger partial charge in [0.1, 0.15) is 0 Å². The van der Waals surface area contributed by atoms with Crippen LogP contribution in [0.2, 0.25) is 0 Å². The summed E-state index contributed by atoms with van der Waals surface area (Å²) in [6.45, 7) is 1.72. The third-order valence-electron chi connectivity index (χ3n) is 0.878. The van der Waals surface area contributed by atoms with E-state index in [2.05, 4.69) is 4.74 Å². The van der Waals surface area contributed by atoms with Gasteiger partial charge < -0.3 is 9.84 Å². The molecule has 0 heterocycles. The Labute approximate surface area is 74.2 Å². The second-order valence-electron chi connectivity index (χ2n) is 1.88. The van der Waals surface area contributed by atoms with Crippen LogP contribution in [0.1, 0.15) is 6.92 Å². The summed E-state index contributed by atoms with van der Waals surface area (Å²) in [7, 11) is 0. The van der Waals surface area contributed by atoms with Crippen LogP contribution in [0.4, 0.5) is 4.79 Å². The highest BCUT2D eigenvalue weighted by Crippen LogP contribution is 1.79. The number of carbonyl (C=O) groups is 3. The molecule has 0 rings (SSSR count). The van der Waals surface area contributed by atoms with E-state index >= 15 is 0 Å². The molecule has 6 heteroatoms. The summed E-state index contributed by atoms with van der Waals surface area (Å²) >= 11 is 0. The zero-order valence-corrected chi connectivity index (χ0v) is 6.94. The number of carboxylic acid groups (broad SMARTS) is 1. The number of amides is 2. The Morgan fingerprint density at radius 2 is 2.00 bits per heavy atom. The lowest BCUT2D eigenvalue weighted by atomic mass is 10.5. The molecule has 0 fully saturated rings. The van der Waals surface area contributed by atoms with Crippen molar-refractivity contribution < 1.29 is 24.2 Å². The Balaban J connectivity index is 3.87. The first-order valence-electron chi connectivity index (χ1n) is 3.45. The van der Waals surface area contributed by atoms with Crippen LogP contribution in [0.25, 0.3) is 0 Å². The highest BCUT2D eigenvalue weighted by Gasteiger charge is 2.04. The van der Waals surface area contributed by atoms with Crippen LogP contribution in [-0.4, -0.2) is 29.7 Å². The van der Waals surface area contributed by atoms with Crippen LogP contribution in [0.3, 0.4) is 0 Å².